The fourth-order valence-corrected chi connectivity index (χ4v) is 2.92. The summed E-state index contributed by atoms with van der Waals surface area (Å²) in [6.07, 6.45) is -3.30. The van der Waals surface area contributed by atoms with Crippen molar-refractivity contribution in [2.24, 2.45) is 0 Å². The molecule has 2 aromatic heterocycles. The number of esters is 1. The van der Waals surface area contributed by atoms with Gasteiger partial charge in [-0.2, -0.15) is 13.2 Å². The van der Waals surface area contributed by atoms with Crippen LogP contribution in [0.5, 0.6) is 0 Å². The normalized spacial score (nSPS) is 11.9. The summed E-state index contributed by atoms with van der Waals surface area (Å²) in [6.45, 7) is 6.14. The van der Waals surface area contributed by atoms with E-state index in [1.165, 1.54) is 25.3 Å². The second kappa shape index (κ2) is 7.07. The number of hydrogen-bond donors (Lipinski definition) is 0. The Morgan fingerprint density at radius 2 is 2.00 bits per heavy atom. The van der Waals surface area contributed by atoms with E-state index in [-0.39, 0.29) is 29.1 Å². The van der Waals surface area contributed by atoms with E-state index in [1.807, 2.05) is 0 Å². The van der Waals surface area contributed by atoms with Gasteiger partial charge < -0.3 is 9.30 Å². The summed E-state index contributed by atoms with van der Waals surface area (Å²) in [7, 11) is 0. The molecule has 2 heterocycles. The van der Waals surface area contributed by atoms with Crippen molar-refractivity contribution in [3.63, 3.8) is 0 Å². The monoisotopic (exact) mass is 374 g/mol. The fourth-order valence-electron chi connectivity index (χ4n) is 2.81. The van der Waals surface area contributed by atoms with Crippen LogP contribution < -0.4 is 0 Å². The zero-order chi connectivity index (χ0) is 18.9. The highest BCUT2D eigenvalue weighted by atomic mass is 35.5. The second-order valence-corrected chi connectivity index (χ2v) is 6.18. The first-order chi connectivity index (χ1) is 11.6. The number of ether oxygens (including phenoxy) is 1. The van der Waals surface area contributed by atoms with E-state index >= 15 is 0 Å². The number of rotatable bonds is 4. The van der Waals surface area contributed by atoms with Gasteiger partial charge in [-0.3, -0.25) is 4.98 Å². The molecule has 4 nitrogen and oxygen atoms in total. The second-order valence-electron chi connectivity index (χ2n) is 5.74. The number of carbonyl (C=O) groups excluding carboxylic acids is 1. The van der Waals surface area contributed by atoms with E-state index in [9.17, 15) is 18.0 Å². The molecule has 2 aromatic rings. The highest BCUT2D eigenvalue weighted by Crippen LogP contribution is 2.42. The topological polar surface area (TPSA) is 44.1 Å². The van der Waals surface area contributed by atoms with E-state index in [4.69, 9.17) is 16.3 Å². The molecule has 0 saturated carbocycles. The van der Waals surface area contributed by atoms with Gasteiger partial charge in [0, 0.05) is 17.8 Å². The first-order valence-corrected chi connectivity index (χ1v) is 8.08. The van der Waals surface area contributed by atoms with E-state index in [2.05, 4.69) is 4.98 Å². The Labute approximate surface area is 148 Å². The van der Waals surface area contributed by atoms with Gasteiger partial charge in [0.25, 0.3) is 0 Å². The third-order valence-electron chi connectivity index (χ3n) is 3.69. The van der Waals surface area contributed by atoms with E-state index in [0.717, 1.165) is 4.57 Å². The lowest BCUT2D eigenvalue weighted by atomic mass is 10.1. The molecular formula is C17H18ClF3N2O2. The molecule has 0 aliphatic rings. The Bertz CT molecular complexity index is 781. The largest absolute Gasteiger partial charge is 0.461 e. The predicted molar refractivity (Wildman–Crippen MR) is 88.8 cm³/mol. The van der Waals surface area contributed by atoms with Crippen molar-refractivity contribution in [2.45, 2.75) is 39.9 Å². The van der Waals surface area contributed by atoms with Crippen molar-refractivity contribution < 1.29 is 22.7 Å². The fraction of sp³-hybridized carbons (Fsp3) is 0.412. The first kappa shape index (κ1) is 19.3. The number of pyridine rings is 1. The molecular weight excluding hydrogens is 357 g/mol. The molecule has 0 amide bonds. The maximum atomic E-state index is 13.7. The average Bonchev–Trinajstić information content (AvgIpc) is 2.82. The third kappa shape index (κ3) is 3.66. The van der Waals surface area contributed by atoms with Crippen molar-refractivity contribution in [1.29, 1.82) is 0 Å². The molecule has 0 unspecified atom stereocenters. The van der Waals surface area contributed by atoms with Crippen LogP contribution in [0.25, 0.3) is 11.3 Å². The van der Waals surface area contributed by atoms with E-state index in [1.54, 1.807) is 20.8 Å². The molecule has 0 radical (unpaired) electrons. The summed E-state index contributed by atoms with van der Waals surface area (Å²) in [6, 6.07) is 2.40. The maximum Gasteiger partial charge on any atom is 0.431 e. The lowest BCUT2D eigenvalue weighted by Gasteiger charge is -2.18. The minimum Gasteiger partial charge on any atom is -0.461 e. The van der Waals surface area contributed by atoms with Gasteiger partial charge in [0.15, 0.2) is 0 Å². The van der Waals surface area contributed by atoms with Gasteiger partial charge in [0.2, 0.25) is 0 Å². The van der Waals surface area contributed by atoms with Crippen molar-refractivity contribution in [3.8, 4) is 11.3 Å². The Kier molecular flexibility index (Phi) is 5.46. The summed E-state index contributed by atoms with van der Waals surface area (Å²) >= 11 is 5.81. The number of alkyl halides is 3. The van der Waals surface area contributed by atoms with Crippen LogP contribution in [0.2, 0.25) is 5.02 Å². The van der Waals surface area contributed by atoms with Gasteiger partial charge in [-0.25, -0.2) is 4.79 Å². The molecule has 0 saturated heterocycles. The van der Waals surface area contributed by atoms with Gasteiger partial charge in [-0.15, -0.1) is 0 Å². The molecule has 0 N–H and O–H groups in total. The number of nitrogens with zero attached hydrogens (tertiary/aromatic N) is 2. The van der Waals surface area contributed by atoms with Gasteiger partial charge in [0.1, 0.15) is 11.4 Å². The molecule has 25 heavy (non-hydrogen) atoms. The van der Waals surface area contributed by atoms with Crippen LogP contribution in [0.4, 0.5) is 13.2 Å². The Morgan fingerprint density at radius 3 is 2.44 bits per heavy atom. The van der Waals surface area contributed by atoms with Crippen LogP contribution in [0.1, 0.15) is 48.6 Å². The predicted octanol–water partition coefficient (Wildman–Crippen LogP) is 5.29. The Hall–Kier alpha value is -2.02. The summed E-state index contributed by atoms with van der Waals surface area (Å²) < 4.78 is 47.0. The highest BCUT2D eigenvalue weighted by molar-refractivity contribution is 6.30. The van der Waals surface area contributed by atoms with E-state index < -0.39 is 23.9 Å². The molecule has 0 aliphatic heterocycles. The van der Waals surface area contributed by atoms with Crippen LogP contribution in [-0.2, 0) is 10.9 Å². The van der Waals surface area contributed by atoms with Gasteiger partial charge in [-0.05, 0) is 45.4 Å². The maximum absolute atomic E-state index is 13.7. The van der Waals surface area contributed by atoms with Crippen molar-refractivity contribution >= 4 is 17.6 Å². The number of hydrogen-bond acceptors (Lipinski definition) is 3. The zero-order valence-corrected chi connectivity index (χ0v) is 15.0. The molecule has 0 atom stereocenters. The molecule has 8 heteroatoms. The van der Waals surface area contributed by atoms with Crippen LogP contribution in [-0.4, -0.2) is 22.1 Å². The molecule has 0 aromatic carbocycles. The molecule has 2 rings (SSSR count). The van der Waals surface area contributed by atoms with Crippen LogP contribution in [0, 0.1) is 6.92 Å². The SMILES string of the molecule is CCOC(=O)c1c(-c2ccc(Cl)cn2)c(C)c(C(F)(F)F)n1C(C)C. The summed E-state index contributed by atoms with van der Waals surface area (Å²) in [5.74, 6) is -0.818. The first-order valence-electron chi connectivity index (χ1n) is 7.70. The minimum absolute atomic E-state index is 0.0516. The van der Waals surface area contributed by atoms with E-state index in [0.29, 0.717) is 5.02 Å². The number of aromatic nitrogens is 2. The molecule has 0 spiro atoms. The zero-order valence-electron chi connectivity index (χ0n) is 14.2. The van der Waals surface area contributed by atoms with Crippen LogP contribution in [0.15, 0.2) is 18.3 Å². The van der Waals surface area contributed by atoms with Crippen LogP contribution in [0.3, 0.4) is 0 Å². The Morgan fingerprint density at radius 1 is 1.36 bits per heavy atom. The summed E-state index contributed by atoms with van der Waals surface area (Å²) in [4.78, 5) is 16.5. The van der Waals surface area contributed by atoms with Gasteiger partial charge in [0.05, 0.1) is 17.3 Å². The lowest BCUT2D eigenvalue weighted by molar-refractivity contribution is -0.144. The molecule has 0 bridgehead atoms. The number of halogens is 4. The highest BCUT2D eigenvalue weighted by Gasteiger charge is 2.42. The smallest absolute Gasteiger partial charge is 0.431 e. The number of carbonyl (C=O) groups is 1. The van der Waals surface area contributed by atoms with Crippen molar-refractivity contribution in [3.05, 3.63) is 40.3 Å². The lowest BCUT2D eigenvalue weighted by Crippen LogP contribution is -2.21. The summed E-state index contributed by atoms with van der Waals surface area (Å²) in [5, 5.41) is 0.346. The average molecular weight is 375 g/mol. The molecule has 0 aliphatic carbocycles. The molecule has 136 valence electrons. The minimum atomic E-state index is -4.62. The quantitative estimate of drug-likeness (QED) is 0.683. The Balaban J connectivity index is 2.89. The van der Waals surface area contributed by atoms with Crippen molar-refractivity contribution in [1.82, 2.24) is 9.55 Å². The third-order valence-corrected chi connectivity index (χ3v) is 3.91. The van der Waals surface area contributed by atoms with Gasteiger partial charge in [-0.1, -0.05) is 11.6 Å². The van der Waals surface area contributed by atoms with Gasteiger partial charge >= 0.3 is 12.1 Å². The van der Waals surface area contributed by atoms with Crippen LogP contribution >= 0.6 is 11.6 Å². The summed E-state index contributed by atoms with van der Waals surface area (Å²) in [5.41, 5.74) is -0.765. The van der Waals surface area contributed by atoms with Crippen molar-refractivity contribution in [2.75, 3.05) is 6.61 Å². The molecule has 0 fully saturated rings. The standard InChI is InChI=1S/C17H18ClF3N2O2/c1-5-25-16(24)14-13(12-7-6-11(18)8-22-12)10(4)15(17(19,20)21)23(14)9(2)3/h6-9H,5H2,1-4H3.